The zero-order valence-electron chi connectivity index (χ0n) is 12.7. The van der Waals surface area contributed by atoms with Crippen LogP contribution in [0.4, 0.5) is 0 Å². The van der Waals surface area contributed by atoms with Gasteiger partial charge in [0.2, 0.25) is 10.0 Å². The van der Waals surface area contributed by atoms with Crippen LogP contribution in [0.5, 0.6) is 0 Å². The largest absolute Gasteiger partial charge is 0.308 e. The van der Waals surface area contributed by atoms with E-state index in [1.807, 2.05) is 39.8 Å². The molecule has 0 aliphatic carbocycles. The van der Waals surface area contributed by atoms with Gasteiger partial charge >= 0.3 is 0 Å². The molecule has 0 saturated carbocycles. The van der Waals surface area contributed by atoms with Gasteiger partial charge in [0.1, 0.15) is 0 Å². The average molecular weight is 363 g/mol. The van der Waals surface area contributed by atoms with Crippen LogP contribution in [0.1, 0.15) is 19.4 Å². The van der Waals surface area contributed by atoms with Crippen LogP contribution in [0, 0.1) is 6.92 Å². The number of rotatable bonds is 6. The second kappa shape index (κ2) is 7.02. The smallest absolute Gasteiger partial charge is 0.243 e. The molecule has 0 radical (unpaired) electrons. The summed E-state index contributed by atoms with van der Waals surface area (Å²) in [6.45, 7) is 6.86. The van der Waals surface area contributed by atoms with Gasteiger partial charge in [-0.15, -0.1) is 0 Å². The predicted octanol–water partition coefficient (Wildman–Crippen LogP) is 2.72. The monoisotopic (exact) mass is 362 g/mol. The van der Waals surface area contributed by atoms with Crippen LogP contribution in [0.25, 0.3) is 0 Å². The highest BCUT2D eigenvalue weighted by atomic mass is 79.9. The SMILES string of the molecule is CCN(C(C)CN(C)C)S(=O)(=O)c1ccc(Br)c(C)c1. The lowest BCUT2D eigenvalue weighted by Crippen LogP contribution is -2.43. The molecule has 0 aliphatic rings. The van der Waals surface area contributed by atoms with Crippen molar-refractivity contribution in [3.05, 3.63) is 28.2 Å². The molecule has 0 aromatic heterocycles. The highest BCUT2D eigenvalue weighted by Gasteiger charge is 2.28. The van der Waals surface area contributed by atoms with Crippen LogP contribution in [0.2, 0.25) is 0 Å². The molecule has 0 saturated heterocycles. The number of sulfonamides is 1. The molecule has 0 aliphatic heterocycles. The van der Waals surface area contributed by atoms with Crippen LogP contribution in [0.3, 0.4) is 0 Å². The molecule has 0 amide bonds. The van der Waals surface area contributed by atoms with E-state index in [0.717, 1.165) is 10.0 Å². The third-order valence-corrected chi connectivity index (χ3v) is 6.14. The van der Waals surface area contributed by atoms with E-state index < -0.39 is 10.0 Å². The molecule has 0 spiro atoms. The van der Waals surface area contributed by atoms with Crippen molar-refractivity contribution < 1.29 is 8.42 Å². The summed E-state index contributed by atoms with van der Waals surface area (Å²) in [7, 11) is 0.441. The van der Waals surface area contributed by atoms with Crippen LogP contribution < -0.4 is 0 Å². The maximum Gasteiger partial charge on any atom is 0.243 e. The summed E-state index contributed by atoms with van der Waals surface area (Å²) < 4.78 is 28.0. The van der Waals surface area contributed by atoms with E-state index in [1.165, 1.54) is 0 Å². The zero-order valence-corrected chi connectivity index (χ0v) is 15.1. The summed E-state index contributed by atoms with van der Waals surface area (Å²) in [6, 6.07) is 5.08. The van der Waals surface area contributed by atoms with Crippen molar-refractivity contribution in [2.24, 2.45) is 0 Å². The van der Waals surface area contributed by atoms with Gasteiger partial charge in [0.05, 0.1) is 4.90 Å². The van der Waals surface area contributed by atoms with Crippen LogP contribution >= 0.6 is 15.9 Å². The first kappa shape index (κ1) is 17.6. The molecule has 0 N–H and O–H groups in total. The first-order valence-electron chi connectivity index (χ1n) is 6.62. The predicted molar refractivity (Wildman–Crippen MR) is 86.5 cm³/mol. The van der Waals surface area contributed by atoms with Gasteiger partial charge in [0.15, 0.2) is 0 Å². The maximum atomic E-state index is 12.7. The molecule has 6 heteroatoms. The van der Waals surface area contributed by atoms with Crippen molar-refractivity contribution in [2.75, 3.05) is 27.2 Å². The first-order chi connectivity index (χ1) is 9.20. The number of likely N-dealkylation sites (N-methyl/N-ethyl adjacent to an activating group) is 2. The minimum atomic E-state index is -3.45. The summed E-state index contributed by atoms with van der Waals surface area (Å²) in [4.78, 5) is 2.35. The molecule has 1 aromatic rings. The molecule has 0 fully saturated rings. The maximum absolute atomic E-state index is 12.7. The van der Waals surface area contributed by atoms with Crippen LogP contribution in [-0.4, -0.2) is 50.8 Å². The molecule has 0 bridgehead atoms. The molecular weight excluding hydrogens is 340 g/mol. The normalized spacial score (nSPS) is 14.0. The number of hydrogen-bond donors (Lipinski definition) is 0. The lowest BCUT2D eigenvalue weighted by molar-refractivity contribution is 0.271. The Bertz CT molecular complexity index is 558. The van der Waals surface area contributed by atoms with E-state index in [4.69, 9.17) is 0 Å². The summed E-state index contributed by atoms with van der Waals surface area (Å²) in [5.74, 6) is 0. The third kappa shape index (κ3) is 4.04. The quantitative estimate of drug-likeness (QED) is 0.780. The zero-order chi connectivity index (χ0) is 15.5. The minimum Gasteiger partial charge on any atom is -0.308 e. The Hall–Kier alpha value is -0.430. The summed E-state index contributed by atoms with van der Waals surface area (Å²) in [6.07, 6.45) is 0. The van der Waals surface area contributed by atoms with Crippen molar-refractivity contribution >= 4 is 26.0 Å². The van der Waals surface area contributed by atoms with E-state index in [1.54, 1.807) is 22.5 Å². The fraction of sp³-hybridized carbons (Fsp3) is 0.571. The van der Waals surface area contributed by atoms with E-state index in [2.05, 4.69) is 15.9 Å². The Balaban J connectivity index is 3.14. The topological polar surface area (TPSA) is 40.6 Å². The van der Waals surface area contributed by atoms with Gasteiger partial charge in [-0.3, -0.25) is 0 Å². The lowest BCUT2D eigenvalue weighted by atomic mass is 10.2. The van der Waals surface area contributed by atoms with Crippen molar-refractivity contribution in [2.45, 2.75) is 31.7 Å². The summed E-state index contributed by atoms with van der Waals surface area (Å²) in [5.41, 5.74) is 0.919. The molecule has 1 atom stereocenters. The van der Waals surface area contributed by atoms with Crippen molar-refractivity contribution in [3.8, 4) is 0 Å². The van der Waals surface area contributed by atoms with Crippen LogP contribution in [0.15, 0.2) is 27.6 Å². The molecule has 4 nitrogen and oxygen atoms in total. The van der Waals surface area contributed by atoms with Gasteiger partial charge in [-0.05, 0) is 51.7 Å². The van der Waals surface area contributed by atoms with E-state index >= 15 is 0 Å². The Kier molecular flexibility index (Phi) is 6.19. The lowest BCUT2D eigenvalue weighted by Gasteiger charge is -2.29. The molecular formula is C14H23BrN2O2S. The van der Waals surface area contributed by atoms with Gasteiger partial charge in [0, 0.05) is 23.6 Å². The van der Waals surface area contributed by atoms with Gasteiger partial charge in [-0.2, -0.15) is 4.31 Å². The van der Waals surface area contributed by atoms with E-state index in [9.17, 15) is 8.42 Å². The number of halogens is 1. The number of nitrogens with zero attached hydrogens (tertiary/aromatic N) is 2. The number of aryl methyl sites for hydroxylation is 1. The third-order valence-electron chi connectivity index (χ3n) is 3.17. The van der Waals surface area contributed by atoms with Crippen molar-refractivity contribution in [1.29, 1.82) is 0 Å². The van der Waals surface area contributed by atoms with Crippen molar-refractivity contribution in [1.82, 2.24) is 9.21 Å². The summed E-state index contributed by atoms with van der Waals surface area (Å²) in [5, 5.41) is 0. The Morgan fingerprint density at radius 2 is 1.90 bits per heavy atom. The molecule has 20 heavy (non-hydrogen) atoms. The van der Waals surface area contributed by atoms with E-state index in [-0.39, 0.29) is 6.04 Å². The molecule has 114 valence electrons. The van der Waals surface area contributed by atoms with Gasteiger partial charge in [0.25, 0.3) is 0 Å². The Morgan fingerprint density at radius 1 is 1.30 bits per heavy atom. The first-order valence-corrected chi connectivity index (χ1v) is 8.86. The van der Waals surface area contributed by atoms with E-state index in [0.29, 0.717) is 18.0 Å². The van der Waals surface area contributed by atoms with Crippen molar-refractivity contribution in [3.63, 3.8) is 0 Å². The standard InChI is InChI=1S/C14H23BrN2O2S/c1-6-17(12(3)10-16(4)5)20(18,19)13-7-8-14(15)11(2)9-13/h7-9,12H,6,10H2,1-5H3. The van der Waals surface area contributed by atoms with Gasteiger partial charge < -0.3 is 4.90 Å². The Morgan fingerprint density at radius 3 is 2.35 bits per heavy atom. The minimum absolute atomic E-state index is 0.0658. The second-order valence-electron chi connectivity index (χ2n) is 5.23. The number of benzene rings is 1. The molecule has 0 heterocycles. The molecule has 1 unspecified atom stereocenters. The second-order valence-corrected chi connectivity index (χ2v) is 7.98. The average Bonchev–Trinajstić information content (AvgIpc) is 2.31. The fourth-order valence-electron chi connectivity index (χ4n) is 2.25. The number of hydrogen-bond acceptors (Lipinski definition) is 3. The van der Waals surface area contributed by atoms with Gasteiger partial charge in [-0.25, -0.2) is 8.42 Å². The van der Waals surface area contributed by atoms with Gasteiger partial charge in [-0.1, -0.05) is 22.9 Å². The summed E-state index contributed by atoms with van der Waals surface area (Å²) >= 11 is 3.40. The Labute approximate surface area is 130 Å². The molecule has 1 rings (SSSR count). The highest BCUT2D eigenvalue weighted by molar-refractivity contribution is 9.10. The molecule has 1 aromatic carbocycles. The van der Waals surface area contributed by atoms with Crippen LogP contribution in [-0.2, 0) is 10.0 Å². The fourth-order valence-corrected chi connectivity index (χ4v) is 4.21. The highest BCUT2D eigenvalue weighted by Crippen LogP contribution is 2.23.